The standard InChI is InChI=1S/C30H38N4O2/c1-20(2)27(28-32-23(5)22(4)29(35)34(28)18-24-10-7-6-8-11-24)33(19-26-12-9-17-31-26)30(36)25-15-13-21(3)14-16-25/h6-8,10-11,13-16,20,26-27,31H,9,12,17-19H2,1-5H3. The number of nitrogens with zero attached hydrogens (tertiary/aromatic N) is 3. The largest absolute Gasteiger partial charge is 0.327 e. The van der Waals surface area contributed by atoms with Crippen LogP contribution in [0.1, 0.15) is 71.3 Å². The lowest BCUT2D eigenvalue weighted by Gasteiger charge is -2.37. The van der Waals surface area contributed by atoms with E-state index in [1.165, 1.54) is 0 Å². The zero-order chi connectivity index (χ0) is 25.8. The van der Waals surface area contributed by atoms with Crippen LogP contribution in [0.25, 0.3) is 0 Å². The van der Waals surface area contributed by atoms with Gasteiger partial charge in [-0.2, -0.15) is 0 Å². The molecule has 0 spiro atoms. The number of rotatable bonds is 8. The second kappa shape index (κ2) is 11.2. The van der Waals surface area contributed by atoms with Gasteiger partial charge >= 0.3 is 0 Å². The van der Waals surface area contributed by atoms with E-state index in [2.05, 4.69) is 19.2 Å². The number of carbonyl (C=O) groups is 1. The van der Waals surface area contributed by atoms with Crippen molar-refractivity contribution in [3.8, 4) is 0 Å². The fourth-order valence-electron chi connectivity index (χ4n) is 5.05. The highest BCUT2D eigenvalue weighted by molar-refractivity contribution is 5.94. The van der Waals surface area contributed by atoms with Crippen molar-refractivity contribution in [2.24, 2.45) is 5.92 Å². The predicted molar refractivity (Wildman–Crippen MR) is 144 cm³/mol. The molecule has 36 heavy (non-hydrogen) atoms. The Morgan fingerprint density at radius 1 is 1.08 bits per heavy atom. The number of hydrogen-bond acceptors (Lipinski definition) is 4. The first-order valence-corrected chi connectivity index (χ1v) is 13.0. The Kier molecular flexibility index (Phi) is 8.04. The van der Waals surface area contributed by atoms with E-state index >= 15 is 0 Å². The van der Waals surface area contributed by atoms with Gasteiger partial charge in [0.15, 0.2) is 0 Å². The molecule has 2 aromatic carbocycles. The van der Waals surface area contributed by atoms with Crippen molar-refractivity contribution in [3.63, 3.8) is 0 Å². The maximum atomic E-state index is 14.1. The molecule has 1 amide bonds. The quantitative estimate of drug-likeness (QED) is 0.496. The van der Waals surface area contributed by atoms with E-state index in [0.717, 1.165) is 30.5 Å². The molecule has 1 aromatic heterocycles. The molecular formula is C30H38N4O2. The smallest absolute Gasteiger partial charge is 0.257 e. The van der Waals surface area contributed by atoms with Crippen molar-refractivity contribution >= 4 is 5.91 Å². The first-order chi connectivity index (χ1) is 17.3. The van der Waals surface area contributed by atoms with E-state index in [9.17, 15) is 9.59 Å². The fourth-order valence-corrected chi connectivity index (χ4v) is 5.05. The van der Waals surface area contributed by atoms with Gasteiger partial charge < -0.3 is 10.2 Å². The van der Waals surface area contributed by atoms with Gasteiger partial charge in [0.1, 0.15) is 5.82 Å². The minimum Gasteiger partial charge on any atom is -0.327 e. The van der Waals surface area contributed by atoms with Crippen molar-refractivity contribution in [2.75, 3.05) is 13.1 Å². The summed E-state index contributed by atoms with van der Waals surface area (Å²) < 4.78 is 1.78. The third kappa shape index (κ3) is 5.59. The maximum absolute atomic E-state index is 14.1. The summed E-state index contributed by atoms with van der Waals surface area (Å²) in [4.78, 5) is 34.6. The van der Waals surface area contributed by atoms with Crippen LogP contribution in [0.15, 0.2) is 59.4 Å². The first kappa shape index (κ1) is 25.8. The summed E-state index contributed by atoms with van der Waals surface area (Å²) >= 11 is 0. The molecule has 4 rings (SSSR count). The third-order valence-electron chi connectivity index (χ3n) is 7.22. The van der Waals surface area contributed by atoms with E-state index in [-0.39, 0.29) is 29.5 Å². The molecule has 2 atom stereocenters. The summed E-state index contributed by atoms with van der Waals surface area (Å²) in [6.07, 6.45) is 2.13. The van der Waals surface area contributed by atoms with Crippen LogP contribution < -0.4 is 10.9 Å². The zero-order valence-corrected chi connectivity index (χ0v) is 22.1. The van der Waals surface area contributed by atoms with Gasteiger partial charge in [-0.05, 0) is 63.8 Å². The van der Waals surface area contributed by atoms with E-state index < -0.39 is 0 Å². The number of carbonyl (C=O) groups excluding carboxylic acids is 1. The molecule has 1 aliphatic rings. The van der Waals surface area contributed by atoms with E-state index in [1.807, 2.05) is 80.3 Å². The Morgan fingerprint density at radius 2 is 1.78 bits per heavy atom. The monoisotopic (exact) mass is 486 g/mol. The van der Waals surface area contributed by atoms with Crippen LogP contribution in [-0.2, 0) is 6.54 Å². The van der Waals surface area contributed by atoms with Crippen LogP contribution in [0.3, 0.4) is 0 Å². The highest BCUT2D eigenvalue weighted by Crippen LogP contribution is 2.30. The van der Waals surface area contributed by atoms with Crippen LogP contribution >= 0.6 is 0 Å². The highest BCUT2D eigenvalue weighted by Gasteiger charge is 2.35. The van der Waals surface area contributed by atoms with Gasteiger partial charge in [-0.1, -0.05) is 61.9 Å². The van der Waals surface area contributed by atoms with Gasteiger partial charge in [-0.25, -0.2) is 4.98 Å². The Balaban J connectivity index is 1.85. The molecule has 1 N–H and O–H groups in total. The number of nitrogens with one attached hydrogen (secondary N) is 1. The first-order valence-electron chi connectivity index (χ1n) is 13.0. The Bertz CT molecular complexity index is 1240. The fraction of sp³-hybridized carbons (Fsp3) is 0.433. The average Bonchev–Trinajstić information content (AvgIpc) is 3.38. The molecule has 1 fully saturated rings. The topological polar surface area (TPSA) is 67.2 Å². The third-order valence-corrected chi connectivity index (χ3v) is 7.22. The molecule has 6 heteroatoms. The van der Waals surface area contributed by atoms with Gasteiger partial charge in [0.2, 0.25) is 0 Å². The van der Waals surface area contributed by atoms with Gasteiger partial charge in [0.05, 0.1) is 12.6 Å². The Labute approximate surface area is 214 Å². The van der Waals surface area contributed by atoms with Crippen molar-refractivity contribution in [2.45, 2.75) is 66.1 Å². The van der Waals surface area contributed by atoms with Gasteiger partial charge in [-0.15, -0.1) is 0 Å². The molecule has 6 nitrogen and oxygen atoms in total. The molecule has 1 saturated heterocycles. The van der Waals surface area contributed by atoms with Crippen LogP contribution in [0.2, 0.25) is 0 Å². The minimum atomic E-state index is -0.350. The molecule has 0 radical (unpaired) electrons. The van der Waals surface area contributed by atoms with E-state index in [1.54, 1.807) is 4.57 Å². The summed E-state index contributed by atoms with van der Waals surface area (Å²) in [5.74, 6) is 0.679. The van der Waals surface area contributed by atoms with Crippen molar-refractivity contribution in [3.05, 3.63) is 98.7 Å². The molecule has 0 saturated carbocycles. The van der Waals surface area contributed by atoms with E-state index in [0.29, 0.717) is 35.7 Å². The van der Waals surface area contributed by atoms with Crippen LogP contribution in [0.5, 0.6) is 0 Å². The number of aromatic nitrogens is 2. The van der Waals surface area contributed by atoms with Crippen LogP contribution in [-0.4, -0.2) is 39.5 Å². The summed E-state index contributed by atoms with van der Waals surface area (Å²) in [6.45, 7) is 11.9. The normalized spacial score (nSPS) is 16.3. The van der Waals surface area contributed by atoms with Crippen molar-refractivity contribution in [1.82, 2.24) is 19.8 Å². The van der Waals surface area contributed by atoms with Gasteiger partial charge in [0, 0.05) is 29.4 Å². The highest BCUT2D eigenvalue weighted by atomic mass is 16.2. The van der Waals surface area contributed by atoms with Crippen molar-refractivity contribution < 1.29 is 4.79 Å². The molecular weight excluding hydrogens is 448 g/mol. The number of aryl methyl sites for hydroxylation is 2. The van der Waals surface area contributed by atoms with Crippen molar-refractivity contribution in [1.29, 1.82) is 0 Å². The number of amides is 1. The lowest BCUT2D eigenvalue weighted by molar-refractivity contribution is 0.0580. The Hall–Kier alpha value is -3.25. The maximum Gasteiger partial charge on any atom is 0.257 e. The second-order valence-corrected chi connectivity index (χ2v) is 10.4. The number of benzene rings is 2. The van der Waals surface area contributed by atoms with Gasteiger partial charge in [-0.3, -0.25) is 14.2 Å². The summed E-state index contributed by atoms with van der Waals surface area (Å²) in [6, 6.07) is 17.6. The average molecular weight is 487 g/mol. The molecule has 2 unspecified atom stereocenters. The lowest BCUT2D eigenvalue weighted by Crippen LogP contribution is -2.47. The van der Waals surface area contributed by atoms with Gasteiger partial charge in [0.25, 0.3) is 11.5 Å². The molecule has 190 valence electrons. The Morgan fingerprint density at radius 3 is 2.39 bits per heavy atom. The number of hydrogen-bond donors (Lipinski definition) is 1. The van der Waals surface area contributed by atoms with Crippen LogP contribution in [0, 0.1) is 26.7 Å². The zero-order valence-electron chi connectivity index (χ0n) is 22.1. The molecule has 0 bridgehead atoms. The van der Waals surface area contributed by atoms with E-state index in [4.69, 9.17) is 4.98 Å². The second-order valence-electron chi connectivity index (χ2n) is 10.4. The molecule has 0 aliphatic carbocycles. The lowest BCUT2D eigenvalue weighted by atomic mass is 9.98. The summed E-state index contributed by atoms with van der Waals surface area (Å²) in [5.41, 5.74) is 4.11. The molecule has 1 aliphatic heterocycles. The molecule has 3 aromatic rings. The SMILES string of the molecule is Cc1ccc(C(=O)N(CC2CCCN2)C(c2nc(C)c(C)c(=O)n2Cc2ccccc2)C(C)C)cc1. The summed E-state index contributed by atoms with van der Waals surface area (Å²) in [7, 11) is 0. The minimum absolute atomic E-state index is 0.0267. The molecule has 2 heterocycles. The predicted octanol–water partition coefficient (Wildman–Crippen LogP) is 4.81. The summed E-state index contributed by atoms with van der Waals surface area (Å²) in [5, 5.41) is 3.55. The van der Waals surface area contributed by atoms with Crippen LogP contribution in [0.4, 0.5) is 0 Å².